The van der Waals surface area contributed by atoms with Crippen LogP contribution in [0.25, 0.3) is 11.4 Å². The van der Waals surface area contributed by atoms with E-state index in [0.29, 0.717) is 12.4 Å². The van der Waals surface area contributed by atoms with E-state index < -0.39 is 11.7 Å². The lowest BCUT2D eigenvalue weighted by molar-refractivity contribution is -0.137. The predicted octanol–water partition coefficient (Wildman–Crippen LogP) is 1.80. The molecule has 8 nitrogen and oxygen atoms in total. The number of aromatic nitrogens is 8. The molecule has 11 heteroatoms. The van der Waals surface area contributed by atoms with Crippen molar-refractivity contribution in [3.63, 3.8) is 0 Å². The molecule has 1 aromatic carbocycles. The van der Waals surface area contributed by atoms with Crippen molar-refractivity contribution in [2.75, 3.05) is 0 Å². The smallest absolute Gasteiger partial charge is 0.228 e. The number of hydrogen-bond donors (Lipinski definition) is 0. The molecule has 2 heterocycles. The molecule has 3 rings (SSSR count). The number of benzene rings is 1. The van der Waals surface area contributed by atoms with Gasteiger partial charge in [0.25, 0.3) is 0 Å². The molecular formula is C13H13F3N8. The molecule has 0 radical (unpaired) electrons. The van der Waals surface area contributed by atoms with E-state index in [-0.39, 0.29) is 17.9 Å². The molecule has 0 saturated carbocycles. The third kappa shape index (κ3) is 3.39. The summed E-state index contributed by atoms with van der Waals surface area (Å²) in [6.07, 6.45) is -3.56. The highest BCUT2D eigenvalue weighted by Crippen LogP contribution is 2.31. The molecule has 0 unspecified atom stereocenters. The third-order valence-corrected chi connectivity index (χ3v) is 3.23. The first-order valence-electron chi connectivity index (χ1n) is 7.18. The van der Waals surface area contributed by atoms with Crippen molar-refractivity contribution in [2.24, 2.45) is 0 Å². The summed E-state index contributed by atoms with van der Waals surface area (Å²) in [5.74, 6) is 0.653. The molecule has 3 aromatic rings. The molecule has 0 fully saturated rings. The summed E-state index contributed by atoms with van der Waals surface area (Å²) < 4.78 is 39.9. The van der Waals surface area contributed by atoms with E-state index in [1.54, 1.807) is 4.68 Å². The Morgan fingerprint density at radius 1 is 1.12 bits per heavy atom. The van der Waals surface area contributed by atoms with Gasteiger partial charge in [0.15, 0.2) is 5.82 Å². The highest BCUT2D eigenvalue weighted by Gasteiger charge is 2.30. The highest BCUT2D eigenvalue weighted by molar-refractivity contribution is 5.55. The molecule has 0 spiro atoms. The maximum absolute atomic E-state index is 12.8. The minimum atomic E-state index is -4.42. The number of nitrogens with zero attached hydrogens (tertiary/aromatic N) is 8. The maximum Gasteiger partial charge on any atom is 0.416 e. The Bertz CT molecular complexity index is 822. The predicted molar refractivity (Wildman–Crippen MR) is 75.5 cm³/mol. The lowest BCUT2D eigenvalue weighted by atomic mass is 10.1. The van der Waals surface area contributed by atoms with Crippen LogP contribution >= 0.6 is 0 Å². The maximum atomic E-state index is 12.8. The molecule has 2 aromatic heterocycles. The number of halogens is 3. The molecule has 126 valence electrons. The monoisotopic (exact) mass is 338 g/mol. The molecule has 0 atom stereocenters. The van der Waals surface area contributed by atoms with Gasteiger partial charge < -0.3 is 0 Å². The summed E-state index contributed by atoms with van der Waals surface area (Å²) in [6, 6.07) is 4.79. The van der Waals surface area contributed by atoms with E-state index in [1.165, 1.54) is 16.9 Å². The SMILES string of the molecule is CCCn1nnnc1Cn1nnc(-c2cccc(C(F)(F)F)c2)n1. The topological polar surface area (TPSA) is 87.2 Å². The van der Waals surface area contributed by atoms with Crippen LogP contribution in [0.4, 0.5) is 13.2 Å². The van der Waals surface area contributed by atoms with E-state index >= 15 is 0 Å². The normalized spacial score (nSPS) is 11.8. The van der Waals surface area contributed by atoms with Crippen molar-refractivity contribution in [3.05, 3.63) is 35.7 Å². The summed E-state index contributed by atoms with van der Waals surface area (Å²) >= 11 is 0. The first kappa shape index (κ1) is 16.0. The van der Waals surface area contributed by atoms with E-state index in [2.05, 4.69) is 30.9 Å². The Labute approximate surface area is 134 Å². The molecule has 0 N–H and O–H groups in total. The number of hydrogen-bond acceptors (Lipinski definition) is 6. The molecule has 0 aliphatic carbocycles. The second kappa shape index (κ2) is 6.34. The average molecular weight is 338 g/mol. The van der Waals surface area contributed by atoms with Crippen molar-refractivity contribution in [1.82, 2.24) is 40.4 Å². The molecular weight excluding hydrogens is 325 g/mol. The fourth-order valence-electron chi connectivity index (χ4n) is 2.11. The van der Waals surface area contributed by atoms with Gasteiger partial charge in [-0.15, -0.1) is 15.3 Å². The van der Waals surface area contributed by atoms with Crippen LogP contribution in [0.2, 0.25) is 0 Å². The van der Waals surface area contributed by atoms with Gasteiger partial charge in [0.2, 0.25) is 5.82 Å². The number of alkyl halides is 3. The number of rotatable bonds is 5. The van der Waals surface area contributed by atoms with E-state index in [1.807, 2.05) is 6.92 Å². The summed E-state index contributed by atoms with van der Waals surface area (Å²) in [5.41, 5.74) is -0.521. The van der Waals surface area contributed by atoms with Crippen LogP contribution in [0, 0.1) is 0 Å². The number of aryl methyl sites for hydroxylation is 1. The van der Waals surface area contributed by atoms with Crippen molar-refractivity contribution < 1.29 is 13.2 Å². The minimum absolute atomic E-state index is 0.107. The lowest BCUT2D eigenvalue weighted by Gasteiger charge is -2.06. The quantitative estimate of drug-likeness (QED) is 0.705. The fourth-order valence-corrected chi connectivity index (χ4v) is 2.11. The Morgan fingerprint density at radius 2 is 1.96 bits per heavy atom. The van der Waals surface area contributed by atoms with Crippen LogP contribution < -0.4 is 0 Å². The van der Waals surface area contributed by atoms with Crippen LogP contribution in [0.5, 0.6) is 0 Å². The van der Waals surface area contributed by atoms with Gasteiger partial charge >= 0.3 is 6.18 Å². The Kier molecular flexibility index (Phi) is 4.23. The number of tetrazole rings is 2. The zero-order chi connectivity index (χ0) is 17.2. The highest BCUT2D eigenvalue weighted by atomic mass is 19.4. The molecule has 0 saturated heterocycles. The second-order valence-electron chi connectivity index (χ2n) is 5.04. The fraction of sp³-hybridized carbons (Fsp3) is 0.385. The van der Waals surface area contributed by atoms with Gasteiger partial charge in [0, 0.05) is 12.1 Å². The van der Waals surface area contributed by atoms with Crippen molar-refractivity contribution in [3.8, 4) is 11.4 Å². The van der Waals surface area contributed by atoms with E-state index in [9.17, 15) is 13.2 Å². The van der Waals surface area contributed by atoms with Crippen LogP contribution in [-0.4, -0.2) is 40.4 Å². The van der Waals surface area contributed by atoms with Gasteiger partial charge in [-0.25, -0.2) is 4.68 Å². The zero-order valence-electron chi connectivity index (χ0n) is 12.6. The Morgan fingerprint density at radius 3 is 2.71 bits per heavy atom. The van der Waals surface area contributed by atoms with Crippen LogP contribution in [0.1, 0.15) is 24.7 Å². The van der Waals surface area contributed by atoms with Crippen LogP contribution in [0.3, 0.4) is 0 Å². The molecule has 0 aliphatic rings. The first-order valence-corrected chi connectivity index (χ1v) is 7.18. The molecule has 0 aliphatic heterocycles. The van der Waals surface area contributed by atoms with Gasteiger partial charge in [-0.3, -0.25) is 0 Å². The van der Waals surface area contributed by atoms with E-state index in [0.717, 1.165) is 18.6 Å². The Balaban J connectivity index is 1.82. The van der Waals surface area contributed by atoms with Gasteiger partial charge in [-0.1, -0.05) is 19.1 Å². The van der Waals surface area contributed by atoms with Gasteiger partial charge in [0.1, 0.15) is 6.54 Å². The van der Waals surface area contributed by atoms with Gasteiger partial charge in [-0.2, -0.15) is 18.0 Å². The summed E-state index contributed by atoms with van der Waals surface area (Å²) in [6.45, 7) is 2.82. The van der Waals surface area contributed by atoms with E-state index in [4.69, 9.17) is 0 Å². The third-order valence-electron chi connectivity index (χ3n) is 3.23. The van der Waals surface area contributed by atoms with Crippen molar-refractivity contribution in [2.45, 2.75) is 32.6 Å². The standard InChI is InChI=1S/C13H13F3N8/c1-2-6-23-11(17-20-22-23)8-24-19-12(18-21-24)9-4-3-5-10(7-9)13(14,15)16/h3-5,7H,2,6,8H2,1H3. The zero-order valence-corrected chi connectivity index (χ0v) is 12.6. The minimum Gasteiger partial charge on any atom is -0.228 e. The van der Waals surface area contributed by atoms with Crippen molar-refractivity contribution in [1.29, 1.82) is 0 Å². The largest absolute Gasteiger partial charge is 0.416 e. The van der Waals surface area contributed by atoms with Crippen molar-refractivity contribution >= 4 is 0 Å². The average Bonchev–Trinajstić information content (AvgIpc) is 3.18. The van der Waals surface area contributed by atoms with Gasteiger partial charge in [0.05, 0.1) is 5.56 Å². The van der Waals surface area contributed by atoms with Crippen LogP contribution in [0.15, 0.2) is 24.3 Å². The first-order chi connectivity index (χ1) is 11.5. The molecule has 24 heavy (non-hydrogen) atoms. The Hall–Kier alpha value is -2.85. The van der Waals surface area contributed by atoms with Gasteiger partial charge in [-0.05, 0) is 34.2 Å². The second-order valence-corrected chi connectivity index (χ2v) is 5.04. The molecule has 0 amide bonds. The summed E-state index contributed by atoms with van der Waals surface area (Å²) in [4.78, 5) is 1.24. The molecule has 0 bridgehead atoms. The van der Waals surface area contributed by atoms with Crippen LogP contribution in [-0.2, 0) is 19.3 Å². The summed E-state index contributed by atoms with van der Waals surface area (Å²) in [5, 5.41) is 23.1. The summed E-state index contributed by atoms with van der Waals surface area (Å²) in [7, 11) is 0. The lowest BCUT2D eigenvalue weighted by Crippen LogP contribution is -2.12.